The molecule has 0 aliphatic rings. The number of aromatic nitrogens is 2. The molecule has 55 heavy (non-hydrogen) atoms. The summed E-state index contributed by atoms with van der Waals surface area (Å²) < 4.78 is 7.41. The van der Waals surface area contributed by atoms with Gasteiger partial charge in [0.05, 0.1) is 16.6 Å². The summed E-state index contributed by atoms with van der Waals surface area (Å²) >= 11 is 1.90. The number of nitrogens with zero attached hydrogens (tertiary/aromatic N) is 2. The molecule has 0 saturated carbocycles. The highest BCUT2D eigenvalue weighted by Gasteiger charge is 2.24. The van der Waals surface area contributed by atoms with Crippen molar-refractivity contribution in [1.82, 2.24) is 9.13 Å². The quantitative estimate of drug-likeness (QED) is 0.161. The molecule has 3 heterocycles. The predicted octanol–water partition coefficient (Wildman–Crippen LogP) is 14.7. The Morgan fingerprint density at radius 2 is 1.00 bits per heavy atom. The molecule has 256 valence electrons. The molecule has 0 amide bonds. The summed E-state index contributed by atoms with van der Waals surface area (Å²) in [4.78, 5) is 0. The van der Waals surface area contributed by atoms with Crippen LogP contribution in [-0.2, 0) is 0 Å². The molecule has 12 rings (SSSR count). The van der Waals surface area contributed by atoms with Crippen molar-refractivity contribution in [3.05, 3.63) is 194 Å². The lowest BCUT2D eigenvalue weighted by Gasteiger charge is -2.20. The van der Waals surface area contributed by atoms with Crippen LogP contribution in [0.2, 0.25) is 0 Å². The van der Waals surface area contributed by atoms with Gasteiger partial charge in [-0.05, 0) is 105 Å². The molecule has 0 unspecified atom stereocenters. The van der Waals surface area contributed by atoms with Gasteiger partial charge in [0, 0.05) is 59.5 Å². The Balaban J connectivity index is 1.33. The van der Waals surface area contributed by atoms with Gasteiger partial charge in [-0.25, -0.2) is 0 Å². The third-order valence-corrected chi connectivity index (χ3v) is 12.7. The van der Waals surface area contributed by atoms with E-state index in [1.54, 1.807) is 0 Å². The van der Waals surface area contributed by atoms with E-state index in [9.17, 15) is 0 Å². The van der Waals surface area contributed by atoms with E-state index in [-0.39, 0.29) is 0 Å². The average Bonchev–Trinajstić information content (AvgIpc) is 3.94. The van der Waals surface area contributed by atoms with Crippen molar-refractivity contribution in [2.45, 2.75) is 0 Å². The predicted molar refractivity (Wildman–Crippen MR) is 236 cm³/mol. The van der Waals surface area contributed by atoms with E-state index in [2.05, 4.69) is 203 Å². The molecule has 0 aliphatic heterocycles. The molecule has 2 nitrogen and oxygen atoms in total. The molecule has 0 saturated heterocycles. The maximum atomic E-state index is 2.49. The van der Waals surface area contributed by atoms with Crippen LogP contribution in [0.4, 0.5) is 0 Å². The fourth-order valence-corrected chi connectivity index (χ4v) is 10.3. The van der Waals surface area contributed by atoms with Gasteiger partial charge in [-0.2, -0.15) is 0 Å². The molecule has 3 aromatic heterocycles. The van der Waals surface area contributed by atoms with E-state index in [1.807, 2.05) is 11.3 Å². The lowest BCUT2D eigenvalue weighted by molar-refractivity contribution is 1.13. The van der Waals surface area contributed by atoms with Crippen LogP contribution in [0, 0.1) is 0 Å². The zero-order valence-corrected chi connectivity index (χ0v) is 30.6. The van der Waals surface area contributed by atoms with Crippen molar-refractivity contribution < 1.29 is 0 Å². The number of thiophene rings is 1. The summed E-state index contributed by atoms with van der Waals surface area (Å²) in [5.74, 6) is 0. The molecule has 3 heteroatoms. The van der Waals surface area contributed by atoms with E-state index in [4.69, 9.17) is 0 Å². The van der Waals surface area contributed by atoms with Crippen LogP contribution in [0.3, 0.4) is 0 Å². The Morgan fingerprint density at radius 3 is 1.82 bits per heavy atom. The molecule has 12 aromatic rings. The number of para-hydroxylation sites is 3. The molecule has 9 aromatic carbocycles. The van der Waals surface area contributed by atoms with Gasteiger partial charge in [-0.1, -0.05) is 121 Å². The first-order valence-electron chi connectivity index (χ1n) is 18.8. The number of rotatable bonds is 4. The zero-order valence-electron chi connectivity index (χ0n) is 29.8. The number of fused-ring (bicyclic) bond motifs is 10. The molecule has 0 aliphatic carbocycles. The highest BCUT2D eigenvalue weighted by Crippen LogP contribution is 2.51. The van der Waals surface area contributed by atoms with Crippen LogP contribution in [0.25, 0.3) is 108 Å². The van der Waals surface area contributed by atoms with E-state index in [0.29, 0.717) is 0 Å². The monoisotopic (exact) mass is 716 g/mol. The molecular formula is C52H32N2S. The van der Waals surface area contributed by atoms with Crippen LogP contribution in [0.1, 0.15) is 0 Å². The van der Waals surface area contributed by atoms with Gasteiger partial charge in [-0.15, -0.1) is 11.3 Å². The summed E-state index contributed by atoms with van der Waals surface area (Å²) in [6.45, 7) is 0. The third-order valence-electron chi connectivity index (χ3n) is 11.5. The molecule has 0 fully saturated rings. The smallest absolute Gasteiger partial charge is 0.0547 e. The molecule has 0 spiro atoms. The van der Waals surface area contributed by atoms with Crippen LogP contribution in [-0.4, -0.2) is 9.13 Å². The first-order valence-corrected chi connectivity index (χ1v) is 19.7. The SMILES string of the molecule is c1ccc(-c2c(-c3cccc4c3sc3ccccc34)c3cc4c(cc3c3cc5c(ccn5-c5ccccc5)cc23)c2ccccc2n4-c2ccccc2)cc1. The highest BCUT2D eigenvalue weighted by atomic mass is 32.1. The Labute approximate surface area is 321 Å². The lowest BCUT2D eigenvalue weighted by Crippen LogP contribution is -1.96. The highest BCUT2D eigenvalue weighted by molar-refractivity contribution is 7.26. The minimum Gasteiger partial charge on any atom is -0.317 e. The standard InChI is InChI=1S/C52H32N2S/c1-4-15-33(16-5-1)50-44-29-34-27-28-53(35-17-6-2-7-18-35)47(34)31-42(44)41-30-43-37-21-10-12-25-46(37)54(36-19-8-3-9-20-36)48(43)32-45(41)51(50)40-24-14-23-39-38-22-11-13-26-49(38)55-52(39)40/h1-32H. The van der Waals surface area contributed by atoms with Crippen molar-refractivity contribution in [2.24, 2.45) is 0 Å². The van der Waals surface area contributed by atoms with Gasteiger partial charge in [-0.3, -0.25) is 0 Å². The Bertz CT molecular complexity index is 3460. The third kappa shape index (κ3) is 4.48. The Kier molecular flexibility index (Phi) is 6.54. The summed E-state index contributed by atoms with van der Waals surface area (Å²) in [6.07, 6.45) is 2.22. The second kappa shape index (κ2) is 11.8. The minimum atomic E-state index is 1.16. The van der Waals surface area contributed by atoms with Gasteiger partial charge in [0.15, 0.2) is 0 Å². The molecular weight excluding hydrogens is 685 g/mol. The van der Waals surface area contributed by atoms with E-state index in [0.717, 1.165) is 11.4 Å². The molecule has 0 atom stereocenters. The molecule has 0 bridgehead atoms. The van der Waals surface area contributed by atoms with Crippen molar-refractivity contribution >= 4 is 85.8 Å². The summed E-state index contributed by atoms with van der Waals surface area (Å²) in [6, 6.07) is 69.3. The number of hydrogen-bond donors (Lipinski definition) is 0. The fraction of sp³-hybridized carbons (Fsp3) is 0. The van der Waals surface area contributed by atoms with E-state index >= 15 is 0 Å². The van der Waals surface area contributed by atoms with Gasteiger partial charge in [0.2, 0.25) is 0 Å². The second-order valence-corrected chi connectivity index (χ2v) is 15.5. The van der Waals surface area contributed by atoms with Crippen molar-refractivity contribution in [3.63, 3.8) is 0 Å². The maximum absolute atomic E-state index is 2.49. The van der Waals surface area contributed by atoms with Crippen LogP contribution < -0.4 is 0 Å². The second-order valence-electron chi connectivity index (χ2n) is 14.5. The van der Waals surface area contributed by atoms with E-state index in [1.165, 1.54) is 96.7 Å². The first kappa shape index (κ1) is 30.5. The van der Waals surface area contributed by atoms with Crippen LogP contribution >= 0.6 is 11.3 Å². The molecule has 0 radical (unpaired) electrons. The maximum Gasteiger partial charge on any atom is 0.0547 e. The van der Waals surface area contributed by atoms with Gasteiger partial charge in [0.25, 0.3) is 0 Å². The largest absolute Gasteiger partial charge is 0.317 e. The van der Waals surface area contributed by atoms with Crippen molar-refractivity contribution in [3.8, 4) is 33.6 Å². The topological polar surface area (TPSA) is 9.86 Å². The Hall–Kier alpha value is -6.94. The number of benzene rings is 9. The summed E-state index contributed by atoms with van der Waals surface area (Å²) in [5, 5.41) is 11.4. The van der Waals surface area contributed by atoms with Crippen molar-refractivity contribution in [1.29, 1.82) is 0 Å². The van der Waals surface area contributed by atoms with Crippen LogP contribution in [0.5, 0.6) is 0 Å². The van der Waals surface area contributed by atoms with Gasteiger partial charge in [0.1, 0.15) is 0 Å². The van der Waals surface area contributed by atoms with Gasteiger partial charge < -0.3 is 9.13 Å². The molecule has 0 N–H and O–H groups in total. The fourth-order valence-electron chi connectivity index (χ4n) is 9.12. The number of hydrogen-bond acceptors (Lipinski definition) is 1. The summed E-state index contributed by atoms with van der Waals surface area (Å²) in [7, 11) is 0. The Morgan fingerprint density at radius 1 is 0.364 bits per heavy atom. The van der Waals surface area contributed by atoms with Gasteiger partial charge >= 0.3 is 0 Å². The van der Waals surface area contributed by atoms with E-state index < -0.39 is 0 Å². The van der Waals surface area contributed by atoms with Crippen molar-refractivity contribution in [2.75, 3.05) is 0 Å². The van der Waals surface area contributed by atoms with Crippen LogP contribution in [0.15, 0.2) is 194 Å². The normalized spacial score (nSPS) is 12.0. The zero-order chi connectivity index (χ0) is 36.0. The average molecular weight is 717 g/mol. The lowest BCUT2D eigenvalue weighted by atomic mass is 9.84. The first-order chi connectivity index (χ1) is 27.3. The summed E-state index contributed by atoms with van der Waals surface area (Å²) in [5.41, 5.74) is 11.0. The minimum absolute atomic E-state index is 1.16.